The van der Waals surface area contributed by atoms with Crippen LogP contribution in [0, 0.1) is 11.8 Å². The van der Waals surface area contributed by atoms with E-state index in [9.17, 15) is 0 Å². The van der Waals surface area contributed by atoms with Gasteiger partial charge < -0.3 is 5.32 Å². The maximum Gasteiger partial charge on any atom is -0.00205 e. The predicted molar refractivity (Wildman–Crippen MR) is 70.2 cm³/mol. The second-order valence-electron chi connectivity index (χ2n) is 5.18. The molecule has 0 heterocycles. The van der Waals surface area contributed by atoms with Crippen LogP contribution in [0.3, 0.4) is 0 Å². The summed E-state index contributed by atoms with van der Waals surface area (Å²) in [4.78, 5) is 0. The van der Waals surface area contributed by atoms with E-state index < -0.39 is 0 Å². The first-order valence-corrected chi connectivity index (χ1v) is 6.91. The Morgan fingerprint density at radius 1 is 0.933 bits per heavy atom. The maximum atomic E-state index is 3.58. The van der Waals surface area contributed by atoms with Crippen molar-refractivity contribution in [2.45, 2.75) is 66.2 Å². The first-order chi connectivity index (χ1) is 7.20. The van der Waals surface area contributed by atoms with E-state index in [2.05, 4.69) is 33.0 Å². The van der Waals surface area contributed by atoms with E-state index >= 15 is 0 Å². The van der Waals surface area contributed by atoms with Crippen LogP contribution in [0.4, 0.5) is 0 Å². The Bertz CT molecular complexity index is 121. The van der Waals surface area contributed by atoms with Gasteiger partial charge in [0.05, 0.1) is 0 Å². The normalized spacial score (nSPS) is 13.4. The fourth-order valence-electron chi connectivity index (χ4n) is 1.89. The molecule has 0 rings (SSSR count). The van der Waals surface area contributed by atoms with E-state index in [4.69, 9.17) is 0 Å². The molecule has 1 N–H and O–H groups in total. The van der Waals surface area contributed by atoms with Gasteiger partial charge in [0.2, 0.25) is 0 Å². The average Bonchev–Trinajstić information content (AvgIpc) is 2.21. The van der Waals surface area contributed by atoms with Crippen molar-refractivity contribution in [2.75, 3.05) is 13.1 Å². The van der Waals surface area contributed by atoms with Crippen LogP contribution in [0.1, 0.15) is 66.2 Å². The molecule has 0 aliphatic heterocycles. The van der Waals surface area contributed by atoms with Gasteiger partial charge in [-0.25, -0.2) is 0 Å². The molecule has 0 aliphatic carbocycles. The molecule has 1 atom stereocenters. The molecule has 0 aromatic heterocycles. The summed E-state index contributed by atoms with van der Waals surface area (Å²) in [6.07, 6.45) is 8.37. The molecule has 1 nitrogen and oxygen atoms in total. The summed E-state index contributed by atoms with van der Waals surface area (Å²) < 4.78 is 0. The smallest absolute Gasteiger partial charge is 0.00205 e. The molecule has 92 valence electrons. The van der Waals surface area contributed by atoms with Gasteiger partial charge in [-0.2, -0.15) is 0 Å². The van der Waals surface area contributed by atoms with Crippen LogP contribution >= 0.6 is 0 Å². The van der Waals surface area contributed by atoms with Crippen molar-refractivity contribution < 1.29 is 0 Å². The largest absolute Gasteiger partial charge is 0.316 e. The zero-order valence-electron chi connectivity index (χ0n) is 11.3. The summed E-state index contributed by atoms with van der Waals surface area (Å²) in [5.41, 5.74) is 0. The predicted octanol–water partition coefficient (Wildman–Crippen LogP) is 4.23. The Kier molecular flexibility index (Phi) is 10.4. The van der Waals surface area contributed by atoms with Crippen LogP contribution in [0.25, 0.3) is 0 Å². The SMILES string of the molecule is CCCCCCC(CC)CNCC(C)C. The summed E-state index contributed by atoms with van der Waals surface area (Å²) >= 11 is 0. The number of rotatable bonds is 10. The van der Waals surface area contributed by atoms with Crippen LogP contribution in [-0.4, -0.2) is 13.1 Å². The van der Waals surface area contributed by atoms with E-state index in [1.165, 1.54) is 51.6 Å². The highest BCUT2D eigenvalue weighted by atomic mass is 14.9. The van der Waals surface area contributed by atoms with Crippen LogP contribution in [0.15, 0.2) is 0 Å². The Morgan fingerprint density at radius 3 is 2.20 bits per heavy atom. The minimum Gasteiger partial charge on any atom is -0.316 e. The molecule has 15 heavy (non-hydrogen) atoms. The molecular formula is C14H31N. The van der Waals surface area contributed by atoms with Crippen molar-refractivity contribution in [3.63, 3.8) is 0 Å². The quantitative estimate of drug-likeness (QED) is 0.536. The third-order valence-corrected chi connectivity index (χ3v) is 3.03. The zero-order valence-corrected chi connectivity index (χ0v) is 11.3. The molecule has 0 saturated heterocycles. The van der Waals surface area contributed by atoms with Crippen molar-refractivity contribution in [1.29, 1.82) is 0 Å². The minimum absolute atomic E-state index is 0.780. The lowest BCUT2D eigenvalue weighted by atomic mass is 9.98. The molecule has 1 heteroatoms. The number of nitrogens with one attached hydrogen (secondary N) is 1. The van der Waals surface area contributed by atoms with Crippen LogP contribution in [0.5, 0.6) is 0 Å². The lowest BCUT2D eigenvalue weighted by molar-refractivity contribution is 0.400. The molecule has 1 unspecified atom stereocenters. The van der Waals surface area contributed by atoms with Crippen molar-refractivity contribution in [1.82, 2.24) is 5.32 Å². The second kappa shape index (κ2) is 10.5. The van der Waals surface area contributed by atoms with Crippen molar-refractivity contribution in [3.8, 4) is 0 Å². The molecule has 0 bridgehead atoms. The Morgan fingerprint density at radius 2 is 1.67 bits per heavy atom. The number of unbranched alkanes of at least 4 members (excludes halogenated alkanes) is 3. The Labute approximate surface area is 97.0 Å². The standard InChI is InChI=1S/C14H31N/c1-5-7-8-9-10-14(6-2)12-15-11-13(3)4/h13-15H,5-12H2,1-4H3. The fraction of sp³-hybridized carbons (Fsp3) is 1.00. The molecule has 0 amide bonds. The molecule has 0 radical (unpaired) electrons. The summed E-state index contributed by atoms with van der Waals surface area (Å²) in [5, 5.41) is 3.58. The summed E-state index contributed by atoms with van der Waals surface area (Å²) in [6, 6.07) is 0. The first-order valence-electron chi connectivity index (χ1n) is 6.91. The van der Waals surface area contributed by atoms with E-state index in [0.29, 0.717) is 0 Å². The Hall–Kier alpha value is -0.0400. The summed E-state index contributed by atoms with van der Waals surface area (Å²) in [6.45, 7) is 11.5. The molecule has 0 saturated carbocycles. The zero-order chi connectivity index (χ0) is 11.5. The van der Waals surface area contributed by atoms with Gasteiger partial charge in [-0.05, 0) is 31.3 Å². The van der Waals surface area contributed by atoms with Gasteiger partial charge >= 0.3 is 0 Å². The van der Waals surface area contributed by atoms with Gasteiger partial charge in [0.25, 0.3) is 0 Å². The minimum atomic E-state index is 0.780. The average molecular weight is 213 g/mol. The highest BCUT2D eigenvalue weighted by molar-refractivity contribution is 4.62. The summed E-state index contributed by atoms with van der Waals surface area (Å²) in [7, 11) is 0. The lowest BCUT2D eigenvalue weighted by Gasteiger charge is -2.16. The fourth-order valence-corrected chi connectivity index (χ4v) is 1.89. The second-order valence-corrected chi connectivity index (χ2v) is 5.18. The first kappa shape index (κ1) is 15.0. The van der Waals surface area contributed by atoms with Gasteiger partial charge in [0.1, 0.15) is 0 Å². The van der Waals surface area contributed by atoms with E-state index in [1.54, 1.807) is 0 Å². The molecule has 0 aromatic rings. The summed E-state index contributed by atoms with van der Waals surface area (Å²) in [5.74, 6) is 1.68. The lowest BCUT2D eigenvalue weighted by Crippen LogP contribution is -2.26. The van der Waals surface area contributed by atoms with Crippen molar-refractivity contribution in [3.05, 3.63) is 0 Å². The third kappa shape index (κ3) is 10.2. The van der Waals surface area contributed by atoms with Gasteiger partial charge in [-0.3, -0.25) is 0 Å². The monoisotopic (exact) mass is 213 g/mol. The molecule has 0 spiro atoms. The van der Waals surface area contributed by atoms with Gasteiger partial charge in [-0.1, -0.05) is 59.8 Å². The van der Waals surface area contributed by atoms with Crippen LogP contribution in [0.2, 0.25) is 0 Å². The number of hydrogen-bond donors (Lipinski definition) is 1. The van der Waals surface area contributed by atoms with Crippen molar-refractivity contribution >= 4 is 0 Å². The highest BCUT2D eigenvalue weighted by Crippen LogP contribution is 2.13. The van der Waals surface area contributed by atoms with Crippen LogP contribution < -0.4 is 5.32 Å². The van der Waals surface area contributed by atoms with Gasteiger partial charge in [-0.15, -0.1) is 0 Å². The topological polar surface area (TPSA) is 12.0 Å². The number of hydrogen-bond acceptors (Lipinski definition) is 1. The molecular weight excluding hydrogens is 182 g/mol. The van der Waals surface area contributed by atoms with Gasteiger partial charge in [0, 0.05) is 0 Å². The van der Waals surface area contributed by atoms with E-state index in [1.807, 2.05) is 0 Å². The molecule has 0 aliphatic rings. The Balaban J connectivity index is 3.38. The molecule has 0 aromatic carbocycles. The van der Waals surface area contributed by atoms with Crippen LogP contribution in [-0.2, 0) is 0 Å². The third-order valence-electron chi connectivity index (χ3n) is 3.03. The molecule has 0 fully saturated rings. The van der Waals surface area contributed by atoms with E-state index in [0.717, 1.165) is 11.8 Å². The van der Waals surface area contributed by atoms with E-state index in [-0.39, 0.29) is 0 Å². The highest BCUT2D eigenvalue weighted by Gasteiger charge is 2.05. The maximum absolute atomic E-state index is 3.58. The van der Waals surface area contributed by atoms with Gasteiger partial charge in [0.15, 0.2) is 0 Å². The van der Waals surface area contributed by atoms with Crippen molar-refractivity contribution in [2.24, 2.45) is 11.8 Å².